The molecule has 0 saturated heterocycles. The van der Waals surface area contributed by atoms with E-state index in [1.807, 2.05) is 24.3 Å². The maximum absolute atomic E-state index is 5.51. The van der Waals surface area contributed by atoms with Gasteiger partial charge >= 0.3 is 0 Å². The van der Waals surface area contributed by atoms with Crippen LogP contribution in [0.3, 0.4) is 0 Å². The molecule has 1 rings (SSSR count). The molecule has 1 N–H and O–H groups in total. The quantitative estimate of drug-likeness (QED) is 0.558. The average Bonchev–Trinajstić information content (AvgIpc) is 2.34. The van der Waals surface area contributed by atoms with E-state index in [-0.39, 0.29) is 0 Å². The minimum Gasteiger partial charge on any atom is -0.497 e. The predicted octanol–water partition coefficient (Wildman–Crippen LogP) is 2.25. The molecule has 0 saturated carbocycles. The van der Waals surface area contributed by atoms with E-state index >= 15 is 0 Å². The average molecular weight is 239 g/mol. The monoisotopic (exact) mass is 239 g/mol. The maximum Gasteiger partial charge on any atom is 0.119 e. The maximum atomic E-state index is 5.51. The largest absolute Gasteiger partial charge is 0.497 e. The summed E-state index contributed by atoms with van der Waals surface area (Å²) in [6.07, 6.45) is 0. The van der Waals surface area contributed by atoms with Crippen molar-refractivity contribution < 1.29 is 14.3 Å². The molecule has 1 aromatic carbocycles. The van der Waals surface area contributed by atoms with Gasteiger partial charge in [-0.15, -0.1) is 0 Å². The molecule has 0 atom stereocenters. The van der Waals surface area contributed by atoms with E-state index < -0.39 is 0 Å². The van der Waals surface area contributed by atoms with Gasteiger partial charge in [0.15, 0.2) is 0 Å². The second-order valence-electron chi connectivity index (χ2n) is 4.12. The van der Waals surface area contributed by atoms with Crippen molar-refractivity contribution in [1.29, 1.82) is 0 Å². The SMILES string of the molecule is COc1ccc(OCCNOCC(C)C)cc1. The standard InChI is InChI=1S/C13H21NO3/c1-11(2)10-17-14-8-9-16-13-6-4-12(15-3)5-7-13/h4-7,11,14H,8-10H2,1-3H3. The Hall–Kier alpha value is -1.26. The highest BCUT2D eigenvalue weighted by Crippen LogP contribution is 2.16. The molecule has 0 radical (unpaired) electrons. The number of hydrogen-bond donors (Lipinski definition) is 1. The molecule has 0 unspecified atom stereocenters. The number of hydroxylamine groups is 1. The third-order valence-corrected chi connectivity index (χ3v) is 2.05. The Labute approximate surface area is 103 Å². The first-order valence-electron chi connectivity index (χ1n) is 5.84. The van der Waals surface area contributed by atoms with E-state index in [2.05, 4.69) is 19.3 Å². The number of hydrogen-bond acceptors (Lipinski definition) is 4. The molecule has 0 aliphatic carbocycles. The van der Waals surface area contributed by atoms with Gasteiger partial charge in [-0.25, -0.2) is 0 Å². The van der Waals surface area contributed by atoms with Crippen LogP contribution in [0.15, 0.2) is 24.3 Å². The second-order valence-corrected chi connectivity index (χ2v) is 4.12. The summed E-state index contributed by atoms with van der Waals surface area (Å²) in [6, 6.07) is 7.51. The van der Waals surface area contributed by atoms with Gasteiger partial charge in [-0.3, -0.25) is 0 Å². The first-order chi connectivity index (χ1) is 8.22. The van der Waals surface area contributed by atoms with E-state index in [0.717, 1.165) is 11.5 Å². The molecule has 4 heteroatoms. The summed E-state index contributed by atoms with van der Waals surface area (Å²) in [4.78, 5) is 5.22. The molecule has 4 nitrogen and oxygen atoms in total. The molecular weight excluding hydrogens is 218 g/mol. The third kappa shape index (κ3) is 6.14. The van der Waals surface area contributed by atoms with Crippen LogP contribution in [-0.4, -0.2) is 26.9 Å². The van der Waals surface area contributed by atoms with E-state index in [0.29, 0.717) is 25.7 Å². The molecule has 0 fully saturated rings. The fraction of sp³-hybridized carbons (Fsp3) is 0.538. The zero-order valence-corrected chi connectivity index (χ0v) is 10.7. The second kappa shape index (κ2) is 7.92. The highest BCUT2D eigenvalue weighted by atomic mass is 16.6. The van der Waals surface area contributed by atoms with Gasteiger partial charge in [0, 0.05) is 0 Å². The van der Waals surface area contributed by atoms with E-state index in [9.17, 15) is 0 Å². The molecule has 0 aromatic heterocycles. The zero-order chi connectivity index (χ0) is 12.5. The van der Waals surface area contributed by atoms with E-state index in [1.165, 1.54) is 0 Å². The molecule has 0 aliphatic heterocycles. The summed E-state index contributed by atoms with van der Waals surface area (Å²) in [7, 11) is 1.64. The summed E-state index contributed by atoms with van der Waals surface area (Å²) in [5.74, 6) is 2.19. The number of ether oxygens (including phenoxy) is 2. The Morgan fingerprint density at radius 2 is 1.76 bits per heavy atom. The van der Waals surface area contributed by atoms with Crippen LogP contribution in [0.5, 0.6) is 11.5 Å². The molecule has 0 spiro atoms. The minimum atomic E-state index is 0.532. The van der Waals surface area contributed by atoms with Gasteiger partial charge in [0.25, 0.3) is 0 Å². The fourth-order valence-electron chi connectivity index (χ4n) is 1.18. The lowest BCUT2D eigenvalue weighted by atomic mass is 10.2. The number of methoxy groups -OCH3 is 1. The van der Waals surface area contributed by atoms with Crippen LogP contribution in [0.2, 0.25) is 0 Å². The predicted molar refractivity (Wildman–Crippen MR) is 67.3 cm³/mol. The highest BCUT2D eigenvalue weighted by molar-refractivity contribution is 5.31. The van der Waals surface area contributed by atoms with Crippen molar-refractivity contribution in [2.75, 3.05) is 26.9 Å². The molecule has 17 heavy (non-hydrogen) atoms. The van der Waals surface area contributed by atoms with E-state index in [4.69, 9.17) is 14.3 Å². The van der Waals surface area contributed by atoms with Crippen LogP contribution in [0.25, 0.3) is 0 Å². The first kappa shape index (κ1) is 13.8. The Morgan fingerprint density at radius 1 is 1.12 bits per heavy atom. The van der Waals surface area contributed by atoms with Gasteiger partial charge in [0.05, 0.1) is 20.3 Å². The van der Waals surface area contributed by atoms with Gasteiger partial charge in [-0.2, -0.15) is 5.48 Å². The lowest BCUT2D eigenvalue weighted by Gasteiger charge is -2.09. The fourth-order valence-corrected chi connectivity index (χ4v) is 1.18. The van der Waals surface area contributed by atoms with Crippen molar-refractivity contribution in [3.63, 3.8) is 0 Å². The van der Waals surface area contributed by atoms with Crippen molar-refractivity contribution in [2.24, 2.45) is 5.92 Å². The van der Waals surface area contributed by atoms with Crippen molar-refractivity contribution in [2.45, 2.75) is 13.8 Å². The highest BCUT2D eigenvalue weighted by Gasteiger charge is 1.96. The van der Waals surface area contributed by atoms with Crippen LogP contribution >= 0.6 is 0 Å². The molecular formula is C13H21NO3. The summed E-state index contributed by atoms with van der Waals surface area (Å²) >= 11 is 0. The summed E-state index contributed by atoms with van der Waals surface area (Å²) < 4.78 is 10.6. The van der Waals surface area contributed by atoms with Gasteiger partial charge in [-0.1, -0.05) is 13.8 Å². The van der Waals surface area contributed by atoms with Crippen LogP contribution in [0.1, 0.15) is 13.8 Å². The third-order valence-electron chi connectivity index (χ3n) is 2.05. The van der Waals surface area contributed by atoms with Gasteiger partial charge < -0.3 is 14.3 Å². The van der Waals surface area contributed by atoms with Crippen LogP contribution < -0.4 is 15.0 Å². The summed E-state index contributed by atoms with van der Waals surface area (Å²) in [5, 5.41) is 0. The van der Waals surface area contributed by atoms with Crippen molar-refractivity contribution in [3.8, 4) is 11.5 Å². The molecule has 0 aliphatic rings. The Kier molecular flexibility index (Phi) is 6.43. The Morgan fingerprint density at radius 3 is 2.35 bits per heavy atom. The first-order valence-corrected chi connectivity index (χ1v) is 5.84. The molecule has 0 heterocycles. The zero-order valence-electron chi connectivity index (χ0n) is 10.7. The Bertz CT molecular complexity index is 298. The molecule has 96 valence electrons. The Balaban J connectivity index is 2.09. The van der Waals surface area contributed by atoms with Crippen molar-refractivity contribution >= 4 is 0 Å². The van der Waals surface area contributed by atoms with Gasteiger partial charge in [0.1, 0.15) is 18.1 Å². The normalized spacial score (nSPS) is 10.6. The van der Waals surface area contributed by atoms with Crippen molar-refractivity contribution in [3.05, 3.63) is 24.3 Å². The lowest BCUT2D eigenvalue weighted by molar-refractivity contribution is 0.0180. The van der Waals surface area contributed by atoms with Crippen LogP contribution in [0.4, 0.5) is 0 Å². The van der Waals surface area contributed by atoms with Crippen LogP contribution in [-0.2, 0) is 4.84 Å². The number of nitrogens with one attached hydrogen (secondary N) is 1. The number of rotatable bonds is 8. The van der Waals surface area contributed by atoms with Crippen molar-refractivity contribution in [1.82, 2.24) is 5.48 Å². The van der Waals surface area contributed by atoms with Gasteiger partial charge in [-0.05, 0) is 30.2 Å². The molecule has 0 bridgehead atoms. The minimum absolute atomic E-state index is 0.532. The number of benzene rings is 1. The smallest absolute Gasteiger partial charge is 0.119 e. The summed E-state index contributed by atoms with van der Waals surface area (Å²) in [6.45, 7) is 6.16. The van der Waals surface area contributed by atoms with E-state index in [1.54, 1.807) is 7.11 Å². The molecule has 0 amide bonds. The molecule has 1 aromatic rings. The lowest BCUT2D eigenvalue weighted by Crippen LogP contribution is -2.23. The van der Waals surface area contributed by atoms with Crippen LogP contribution in [0, 0.1) is 5.92 Å². The topological polar surface area (TPSA) is 39.7 Å². The summed E-state index contributed by atoms with van der Waals surface area (Å²) in [5.41, 5.74) is 2.86. The van der Waals surface area contributed by atoms with Gasteiger partial charge in [0.2, 0.25) is 0 Å².